The monoisotopic (exact) mass is 422 g/mol. The molecule has 1 amide bonds. The molecule has 0 aliphatic carbocycles. The Morgan fingerprint density at radius 1 is 1.04 bits per heavy atom. The van der Waals surface area contributed by atoms with Crippen molar-refractivity contribution < 1.29 is 4.79 Å². The van der Waals surface area contributed by atoms with Gasteiger partial charge in [-0.1, -0.05) is 64.5 Å². The summed E-state index contributed by atoms with van der Waals surface area (Å²) >= 11 is 4.89. The highest BCUT2D eigenvalue weighted by Crippen LogP contribution is 2.26. The summed E-state index contributed by atoms with van der Waals surface area (Å²) < 4.78 is 0.876. The zero-order valence-corrected chi connectivity index (χ0v) is 16.2. The quantitative estimate of drug-likeness (QED) is 0.444. The molecule has 26 heavy (non-hydrogen) atoms. The van der Waals surface area contributed by atoms with Gasteiger partial charge in [0.15, 0.2) is 5.13 Å². The SMILES string of the molecule is O=C(Nc1ncc(Cc2cccc3ccccc23)s1)c1cccc(Br)c1. The Balaban J connectivity index is 1.52. The second-order valence-corrected chi connectivity index (χ2v) is 7.94. The van der Waals surface area contributed by atoms with E-state index in [9.17, 15) is 4.79 Å². The summed E-state index contributed by atoms with van der Waals surface area (Å²) in [6.07, 6.45) is 2.63. The molecule has 0 saturated carbocycles. The van der Waals surface area contributed by atoms with E-state index in [1.807, 2.05) is 24.4 Å². The molecule has 0 atom stereocenters. The van der Waals surface area contributed by atoms with Crippen LogP contribution in [0.2, 0.25) is 0 Å². The second kappa shape index (κ2) is 7.40. The van der Waals surface area contributed by atoms with Gasteiger partial charge in [0.05, 0.1) is 0 Å². The first-order chi connectivity index (χ1) is 12.7. The Labute approximate surface area is 163 Å². The summed E-state index contributed by atoms with van der Waals surface area (Å²) in [5, 5.41) is 5.98. The Morgan fingerprint density at radius 2 is 1.85 bits per heavy atom. The van der Waals surface area contributed by atoms with Gasteiger partial charge < -0.3 is 0 Å². The summed E-state index contributed by atoms with van der Waals surface area (Å²) in [5.41, 5.74) is 1.86. The highest BCUT2D eigenvalue weighted by Gasteiger charge is 2.10. The number of benzene rings is 3. The molecule has 5 heteroatoms. The zero-order chi connectivity index (χ0) is 17.9. The van der Waals surface area contributed by atoms with Gasteiger partial charge in [0.1, 0.15) is 0 Å². The van der Waals surface area contributed by atoms with Crippen LogP contribution < -0.4 is 5.32 Å². The van der Waals surface area contributed by atoms with Gasteiger partial charge in [-0.3, -0.25) is 10.1 Å². The van der Waals surface area contributed by atoms with Crippen molar-refractivity contribution in [2.24, 2.45) is 0 Å². The van der Waals surface area contributed by atoms with E-state index in [1.165, 1.54) is 27.7 Å². The maximum atomic E-state index is 12.3. The van der Waals surface area contributed by atoms with Crippen molar-refractivity contribution in [2.45, 2.75) is 6.42 Å². The summed E-state index contributed by atoms with van der Waals surface area (Å²) in [7, 11) is 0. The second-order valence-electron chi connectivity index (χ2n) is 5.91. The average molecular weight is 423 g/mol. The van der Waals surface area contributed by atoms with Crippen LogP contribution in [0.4, 0.5) is 5.13 Å². The van der Waals surface area contributed by atoms with Gasteiger partial charge in [-0.15, -0.1) is 11.3 Å². The number of thiazole rings is 1. The minimum absolute atomic E-state index is 0.155. The number of nitrogens with zero attached hydrogens (tertiary/aromatic N) is 1. The number of amides is 1. The molecule has 0 saturated heterocycles. The van der Waals surface area contributed by atoms with E-state index in [0.717, 1.165) is 15.8 Å². The van der Waals surface area contributed by atoms with Crippen LogP contribution in [0.5, 0.6) is 0 Å². The number of halogens is 1. The molecule has 3 aromatic carbocycles. The molecule has 0 bridgehead atoms. The van der Waals surface area contributed by atoms with Crippen LogP contribution in [0.3, 0.4) is 0 Å². The molecule has 0 fully saturated rings. The van der Waals surface area contributed by atoms with Crippen LogP contribution in [-0.2, 0) is 6.42 Å². The van der Waals surface area contributed by atoms with Crippen molar-refractivity contribution in [3.8, 4) is 0 Å². The van der Waals surface area contributed by atoms with Gasteiger partial charge >= 0.3 is 0 Å². The average Bonchev–Trinajstić information content (AvgIpc) is 3.09. The minimum atomic E-state index is -0.155. The maximum Gasteiger partial charge on any atom is 0.257 e. The molecule has 0 aliphatic heterocycles. The lowest BCUT2D eigenvalue weighted by Crippen LogP contribution is -2.11. The molecule has 1 heterocycles. The third-order valence-corrected chi connectivity index (χ3v) is 5.51. The van der Waals surface area contributed by atoms with E-state index in [0.29, 0.717) is 10.7 Å². The van der Waals surface area contributed by atoms with Gasteiger partial charge in [0.2, 0.25) is 0 Å². The molecule has 0 radical (unpaired) electrons. The largest absolute Gasteiger partial charge is 0.298 e. The third-order valence-electron chi connectivity index (χ3n) is 4.11. The van der Waals surface area contributed by atoms with Gasteiger partial charge in [0, 0.05) is 27.5 Å². The van der Waals surface area contributed by atoms with E-state index >= 15 is 0 Å². The van der Waals surface area contributed by atoms with Gasteiger partial charge in [-0.05, 0) is 34.5 Å². The van der Waals surface area contributed by atoms with Crippen LogP contribution in [0, 0.1) is 0 Å². The van der Waals surface area contributed by atoms with Gasteiger partial charge in [0.25, 0.3) is 5.91 Å². The molecule has 4 aromatic rings. The zero-order valence-electron chi connectivity index (χ0n) is 13.8. The Bertz CT molecular complexity index is 1080. The van der Waals surface area contributed by atoms with Crippen molar-refractivity contribution in [1.82, 2.24) is 4.98 Å². The van der Waals surface area contributed by atoms with E-state index in [4.69, 9.17) is 0 Å². The molecular weight excluding hydrogens is 408 g/mol. The fraction of sp³-hybridized carbons (Fsp3) is 0.0476. The standard InChI is InChI=1S/C21H15BrN2OS/c22-17-9-4-8-16(11-17)20(25)24-21-23-13-18(26-21)12-15-7-3-6-14-5-1-2-10-19(14)15/h1-11,13H,12H2,(H,23,24,25). The van der Waals surface area contributed by atoms with Crippen molar-refractivity contribution >= 4 is 49.1 Å². The van der Waals surface area contributed by atoms with Crippen LogP contribution in [-0.4, -0.2) is 10.9 Å². The lowest BCUT2D eigenvalue weighted by molar-refractivity contribution is 0.102. The highest BCUT2D eigenvalue weighted by atomic mass is 79.9. The number of anilines is 1. The molecule has 1 N–H and O–H groups in total. The van der Waals surface area contributed by atoms with Crippen molar-refractivity contribution in [1.29, 1.82) is 0 Å². The molecule has 3 nitrogen and oxygen atoms in total. The Hall–Kier alpha value is -2.50. The topological polar surface area (TPSA) is 42.0 Å². The van der Waals surface area contributed by atoms with Gasteiger partial charge in [-0.2, -0.15) is 0 Å². The number of carbonyl (C=O) groups excluding carboxylic acids is 1. The predicted molar refractivity (Wildman–Crippen MR) is 111 cm³/mol. The van der Waals surface area contributed by atoms with E-state index in [1.54, 1.807) is 12.1 Å². The molecular formula is C21H15BrN2OS. The van der Waals surface area contributed by atoms with Crippen molar-refractivity contribution in [2.75, 3.05) is 5.32 Å². The van der Waals surface area contributed by atoms with Crippen LogP contribution in [0.1, 0.15) is 20.8 Å². The van der Waals surface area contributed by atoms with E-state index in [2.05, 4.69) is 62.6 Å². The molecule has 0 aliphatic rings. The Morgan fingerprint density at radius 3 is 2.73 bits per heavy atom. The number of aromatic nitrogens is 1. The van der Waals surface area contributed by atoms with Gasteiger partial charge in [-0.25, -0.2) is 4.98 Å². The fourth-order valence-electron chi connectivity index (χ4n) is 2.88. The van der Waals surface area contributed by atoms with E-state index in [-0.39, 0.29) is 5.91 Å². The van der Waals surface area contributed by atoms with E-state index < -0.39 is 0 Å². The number of carbonyl (C=O) groups is 1. The first-order valence-corrected chi connectivity index (χ1v) is 9.78. The summed E-state index contributed by atoms with van der Waals surface area (Å²) in [6, 6.07) is 22.0. The summed E-state index contributed by atoms with van der Waals surface area (Å²) in [5.74, 6) is -0.155. The molecule has 0 spiro atoms. The van der Waals surface area contributed by atoms with Crippen LogP contribution in [0.15, 0.2) is 77.4 Å². The van der Waals surface area contributed by atoms with Crippen molar-refractivity contribution in [3.63, 3.8) is 0 Å². The molecule has 4 rings (SSSR count). The maximum absolute atomic E-state index is 12.3. The lowest BCUT2D eigenvalue weighted by atomic mass is 10.0. The fourth-order valence-corrected chi connectivity index (χ4v) is 4.11. The van der Waals surface area contributed by atoms with Crippen LogP contribution in [0.25, 0.3) is 10.8 Å². The lowest BCUT2D eigenvalue weighted by Gasteiger charge is -2.04. The summed E-state index contributed by atoms with van der Waals surface area (Å²) in [4.78, 5) is 17.8. The van der Waals surface area contributed by atoms with Crippen LogP contribution >= 0.6 is 27.3 Å². The third kappa shape index (κ3) is 3.69. The first-order valence-electron chi connectivity index (χ1n) is 8.17. The molecule has 0 unspecified atom stereocenters. The minimum Gasteiger partial charge on any atom is -0.298 e. The Kier molecular flexibility index (Phi) is 4.82. The first kappa shape index (κ1) is 16.9. The smallest absolute Gasteiger partial charge is 0.257 e. The summed E-state index contributed by atoms with van der Waals surface area (Å²) in [6.45, 7) is 0. The number of fused-ring (bicyclic) bond motifs is 1. The predicted octanol–water partition coefficient (Wildman–Crippen LogP) is 5.90. The van der Waals surface area contributed by atoms with Crippen molar-refractivity contribution in [3.05, 3.63) is 93.4 Å². The number of nitrogens with one attached hydrogen (secondary N) is 1. The highest BCUT2D eigenvalue weighted by molar-refractivity contribution is 9.10. The normalized spacial score (nSPS) is 10.8. The molecule has 128 valence electrons. The number of hydrogen-bond acceptors (Lipinski definition) is 3. The number of rotatable bonds is 4. The molecule has 1 aromatic heterocycles. The number of hydrogen-bond donors (Lipinski definition) is 1.